The van der Waals surface area contributed by atoms with Crippen molar-refractivity contribution >= 4 is 49.3 Å². The second-order valence-corrected chi connectivity index (χ2v) is 7.26. The number of nitrogens with zero attached hydrogens (tertiary/aromatic N) is 1. The van der Waals surface area contributed by atoms with Crippen LogP contribution in [0, 0.1) is 0 Å². The normalized spacial score (nSPS) is 11.2. The van der Waals surface area contributed by atoms with E-state index >= 15 is 0 Å². The van der Waals surface area contributed by atoms with Gasteiger partial charge in [-0.2, -0.15) is 0 Å². The fourth-order valence-electron chi connectivity index (χ4n) is 3.46. The number of aromatic nitrogens is 1. The van der Waals surface area contributed by atoms with Gasteiger partial charge in [-0.3, -0.25) is 4.79 Å². The van der Waals surface area contributed by atoms with Gasteiger partial charge in [0.25, 0.3) is 0 Å². The number of fused-ring (bicyclic) bond motifs is 3. The van der Waals surface area contributed by atoms with E-state index in [9.17, 15) is 4.79 Å². The van der Waals surface area contributed by atoms with Gasteiger partial charge in [-0.05, 0) is 48.9 Å². The third-order valence-electron chi connectivity index (χ3n) is 4.65. The van der Waals surface area contributed by atoms with Gasteiger partial charge in [-0.25, -0.2) is 0 Å². The van der Waals surface area contributed by atoms with Gasteiger partial charge in [0, 0.05) is 38.5 Å². The monoisotopic (exact) mass is 406 g/mol. The highest BCUT2D eigenvalue weighted by Gasteiger charge is 2.11. The molecule has 1 N–H and O–H groups in total. The van der Waals surface area contributed by atoms with Crippen molar-refractivity contribution in [1.82, 2.24) is 4.57 Å². The lowest BCUT2D eigenvalue weighted by atomic mass is 10.1. The number of benzene rings is 3. The Hall–Kier alpha value is -2.59. The first kappa shape index (κ1) is 16.9. The van der Waals surface area contributed by atoms with Crippen molar-refractivity contribution in [3.05, 3.63) is 76.8 Å². The third kappa shape index (κ3) is 3.13. The van der Waals surface area contributed by atoms with Crippen molar-refractivity contribution in [1.29, 1.82) is 0 Å². The molecule has 3 aromatic carbocycles. The Kier molecular flexibility index (Phi) is 4.51. The average Bonchev–Trinajstić information content (AvgIpc) is 2.97. The van der Waals surface area contributed by atoms with Crippen molar-refractivity contribution in [3.63, 3.8) is 0 Å². The number of halogens is 1. The molecule has 4 heteroatoms. The van der Waals surface area contributed by atoms with Crippen molar-refractivity contribution in [2.24, 2.45) is 0 Å². The summed E-state index contributed by atoms with van der Waals surface area (Å²) in [5, 5.41) is 5.42. The van der Waals surface area contributed by atoms with Gasteiger partial charge in [-0.15, -0.1) is 0 Å². The molecule has 1 aromatic heterocycles. The molecule has 0 aliphatic rings. The quantitative estimate of drug-likeness (QED) is 0.459. The molecule has 0 spiro atoms. The van der Waals surface area contributed by atoms with Crippen molar-refractivity contribution in [2.45, 2.75) is 19.9 Å². The van der Waals surface area contributed by atoms with Gasteiger partial charge in [0.15, 0.2) is 0 Å². The highest BCUT2D eigenvalue weighted by molar-refractivity contribution is 9.10. The van der Waals surface area contributed by atoms with Gasteiger partial charge in [0.1, 0.15) is 0 Å². The van der Waals surface area contributed by atoms with Crippen LogP contribution in [0.1, 0.15) is 12.5 Å². The van der Waals surface area contributed by atoms with Crippen LogP contribution < -0.4 is 5.32 Å². The van der Waals surface area contributed by atoms with Crippen molar-refractivity contribution in [2.75, 3.05) is 5.32 Å². The first-order chi connectivity index (χ1) is 12.7. The summed E-state index contributed by atoms with van der Waals surface area (Å²) in [4.78, 5) is 12.4. The number of hydrogen-bond acceptors (Lipinski definition) is 1. The zero-order valence-corrected chi connectivity index (χ0v) is 16.1. The van der Waals surface area contributed by atoms with Crippen LogP contribution in [-0.4, -0.2) is 10.5 Å². The predicted octanol–water partition coefficient (Wildman–Crippen LogP) is 5.76. The van der Waals surface area contributed by atoms with Gasteiger partial charge in [0.05, 0.1) is 6.42 Å². The fourth-order valence-corrected chi connectivity index (χ4v) is 3.73. The van der Waals surface area contributed by atoms with Crippen LogP contribution in [0.2, 0.25) is 0 Å². The van der Waals surface area contributed by atoms with Crippen LogP contribution in [0.4, 0.5) is 5.69 Å². The summed E-state index contributed by atoms with van der Waals surface area (Å²) in [5.74, 6) is -0.00842. The molecule has 1 amide bonds. The molecule has 0 aliphatic carbocycles. The Morgan fingerprint density at radius 2 is 1.69 bits per heavy atom. The average molecular weight is 407 g/mol. The minimum absolute atomic E-state index is 0.00842. The lowest BCUT2D eigenvalue weighted by Gasteiger charge is -2.07. The molecule has 26 heavy (non-hydrogen) atoms. The largest absolute Gasteiger partial charge is 0.341 e. The summed E-state index contributed by atoms with van der Waals surface area (Å²) in [7, 11) is 0. The summed E-state index contributed by atoms with van der Waals surface area (Å²) in [5.41, 5.74) is 4.25. The SMILES string of the molecule is CCn1c2ccccc2c2cc(NC(=O)Cc3ccc(Br)cc3)ccc21. The maximum atomic E-state index is 12.4. The first-order valence-electron chi connectivity index (χ1n) is 8.71. The molecule has 130 valence electrons. The molecule has 4 aromatic rings. The second kappa shape index (κ2) is 6.96. The highest BCUT2D eigenvalue weighted by atomic mass is 79.9. The Morgan fingerprint density at radius 1 is 0.962 bits per heavy atom. The van der Waals surface area contributed by atoms with Gasteiger partial charge in [-0.1, -0.05) is 46.3 Å². The van der Waals surface area contributed by atoms with E-state index in [2.05, 4.69) is 69.1 Å². The summed E-state index contributed by atoms with van der Waals surface area (Å²) in [6.07, 6.45) is 0.363. The van der Waals surface area contributed by atoms with Crippen molar-refractivity contribution < 1.29 is 4.79 Å². The molecule has 4 rings (SSSR count). The van der Waals surface area contributed by atoms with Crippen LogP contribution in [-0.2, 0) is 17.8 Å². The van der Waals surface area contributed by atoms with E-state index in [1.54, 1.807) is 0 Å². The molecule has 0 radical (unpaired) electrons. The minimum atomic E-state index is -0.00842. The zero-order valence-electron chi connectivity index (χ0n) is 14.5. The maximum absolute atomic E-state index is 12.4. The van der Waals surface area contributed by atoms with Crippen LogP contribution >= 0.6 is 15.9 Å². The summed E-state index contributed by atoms with van der Waals surface area (Å²) < 4.78 is 3.32. The Labute approximate surface area is 160 Å². The van der Waals surface area contributed by atoms with E-state index in [4.69, 9.17) is 0 Å². The van der Waals surface area contributed by atoms with E-state index < -0.39 is 0 Å². The maximum Gasteiger partial charge on any atom is 0.228 e. The third-order valence-corrected chi connectivity index (χ3v) is 5.18. The summed E-state index contributed by atoms with van der Waals surface area (Å²) in [6, 6.07) is 22.4. The lowest BCUT2D eigenvalue weighted by Crippen LogP contribution is -2.14. The number of hydrogen-bond donors (Lipinski definition) is 1. The Morgan fingerprint density at radius 3 is 2.46 bits per heavy atom. The summed E-state index contributed by atoms with van der Waals surface area (Å²) >= 11 is 3.41. The van der Waals surface area contributed by atoms with Gasteiger partial charge < -0.3 is 9.88 Å². The Balaban J connectivity index is 1.64. The molecular weight excluding hydrogens is 388 g/mol. The van der Waals surface area contributed by atoms with E-state index in [-0.39, 0.29) is 5.91 Å². The number of rotatable bonds is 4. The highest BCUT2D eigenvalue weighted by Crippen LogP contribution is 2.31. The topological polar surface area (TPSA) is 34.0 Å². The number of para-hydroxylation sites is 1. The van der Waals surface area contributed by atoms with Crippen LogP contribution in [0.5, 0.6) is 0 Å². The molecule has 0 atom stereocenters. The van der Waals surface area contributed by atoms with E-state index in [0.29, 0.717) is 6.42 Å². The standard InChI is InChI=1S/C22H19BrN2O/c1-2-25-20-6-4-3-5-18(20)19-14-17(11-12-21(19)25)24-22(26)13-15-7-9-16(23)10-8-15/h3-12,14H,2,13H2,1H3,(H,24,26). The van der Waals surface area contributed by atoms with E-state index in [1.807, 2.05) is 30.3 Å². The van der Waals surface area contributed by atoms with Gasteiger partial charge in [0.2, 0.25) is 5.91 Å². The molecule has 1 heterocycles. The predicted molar refractivity (Wildman–Crippen MR) is 112 cm³/mol. The number of carbonyl (C=O) groups is 1. The zero-order chi connectivity index (χ0) is 18.1. The van der Waals surface area contributed by atoms with Crippen molar-refractivity contribution in [3.8, 4) is 0 Å². The summed E-state index contributed by atoms with van der Waals surface area (Å²) in [6.45, 7) is 3.07. The molecule has 0 aliphatic heterocycles. The lowest BCUT2D eigenvalue weighted by molar-refractivity contribution is -0.115. The molecule has 0 saturated heterocycles. The number of amides is 1. The number of nitrogens with one attached hydrogen (secondary N) is 1. The molecular formula is C22H19BrN2O. The van der Waals surface area contributed by atoms with Crippen LogP contribution in [0.25, 0.3) is 21.8 Å². The number of anilines is 1. The molecule has 0 fully saturated rings. The van der Waals surface area contributed by atoms with Crippen LogP contribution in [0.3, 0.4) is 0 Å². The molecule has 0 unspecified atom stereocenters. The number of aryl methyl sites for hydroxylation is 1. The van der Waals surface area contributed by atoms with Gasteiger partial charge >= 0.3 is 0 Å². The van der Waals surface area contributed by atoms with E-state index in [0.717, 1.165) is 22.3 Å². The first-order valence-corrected chi connectivity index (χ1v) is 9.50. The second-order valence-electron chi connectivity index (χ2n) is 6.34. The minimum Gasteiger partial charge on any atom is -0.341 e. The fraction of sp³-hybridized carbons (Fsp3) is 0.136. The smallest absolute Gasteiger partial charge is 0.228 e. The molecule has 3 nitrogen and oxygen atoms in total. The van der Waals surface area contributed by atoms with E-state index in [1.165, 1.54) is 21.8 Å². The molecule has 0 saturated carbocycles. The Bertz CT molecular complexity index is 1100. The molecule has 0 bridgehead atoms. The number of carbonyl (C=O) groups excluding carboxylic acids is 1. The van der Waals surface area contributed by atoms with Crippen LogP contribution in [0.15, 0.2) is 71.2 Å².